The molecule has 12 aromatic rings. The molecular weight excluding hydrogens is 1030 g/mol. The van der Waals surface area contributed by atoms with Gasteiger partial charge in [0.05, 0.1) is 55.5 Å². The van der Waals surface area contributed by atoms with Crippen molar-refractivity contribution < 1.29 is 0 Å². The molecule has 0 fully saturated rings. The van der Waals surface area contributed by atoms with Crippen LogP contribution in [0, 0.1) is 83.1 Å². The van der Waals surface area contributed by atoms with E-state index in [2.05, 4.69) is 111 Å². The van der Waals surface area contributed by atoms with E-state index in [1.165, 1.54) is 16.7 Å². The van der Waals surface area contributed by atoms with Crippen LogP contribution in [0.1, 0.15) is 151 Å². The minimum atomic E-state index is 0.827. The SMILES string of the molecule is CC.CC.CC.CC.CC.CC.Cc1cc2nc(C)ccc2cn1.Cc1ccc2ccc(C)nc2n1.Cc1ccc2cnc(C)nc2c1.Cc1ccc2ncc(C)nc2c1.Cc1ccc2ncc(C)nc2c1.Cc1cnc2ccc(C)nc2c1. The summed E-state index contributed by atoms with van der Waals surface area (Å²) in [6.07, 6.45) is 9.16. The number of pyridine rings is 6. The molecule has 0 aliphatic rings. The van der Waals surface area contributed by atoms with Crippen molar-refractivity contribution in [3.8, 4) is 0 Å². The molecule has 12 nitrogen and oxygen atoms in total. The van der Waals surface area contributed by atoms with Crippen molar-refractivity contribution in [3.05, 3.63) is 214 Å². The minimum absolute atomic E-state index is 0.827. The quantitative estimate of drug-likeness (QED) is 0.142. The van der Waals surface area contributed by atoms with E-state index in [0.717, 1.165) is 117 Å². The van der Waals surface area contributed by atoms with E-state index < -0.39 is 0 Å². The van der Waals surface area contributed by atoms with E-state index in [4.69, 9.17) is 0 Å². The molecule has 0 spiro atoms. The monoisotopic (exact) mass is 1130 g/mol. The van der Waals surface area contributed by atoms with Gasteiger partial charge < -0.3 is 0 Å². The van der Waals surface area contributed by atoms with Crippen LogP contribution in [0.25, 0.3) is 65.9 Å². The van der Waals surface area contributed by atoms with Gasteiger partial charge in [-0.05, 0) is 196 Å². The molecule has 0 amide bonds. The number of fused-ring (bicyclic) bond motifs is 6. The van der Waals surface area contributed by atoms with Crippen LogP contribution < -0.4 is 0 Å². The normalized spacial score (nSPS) is 9.43. The lowest BCUT2D eigenvalue weighted by atomic mass is 10.2. The molecule has 0 atom stereocenters. The molecule has 0 aliphatic heterocycles. The van der Waals surface area contributed by atoms with Crippen molar-refractivity contribution in [2.24, 2.45) is 0 Å². The summed E-state index contributed by atoms with van der Waals surface area (Å²) in [4.78, 5) is 51.6. The highest BCUT2D eigenvalue weighted by Crippen LogP contribution is 2.16. The van der Waals surface area contributed by atoms with Crippen LogP contribution in [-0.4, -0.2) is 59.8 Å². The smallest absolute Gasteiger partial charge is 0.159 e. The predicted octanol–water partition coefficient (Wildman–Crippen LogP) is 19.6. The number of rotatable bonds is 0. The molecule has 12 heteroatoms. The summed E-state index contributed by atoms with van der Waals surface area (Å²) in [6.45, 7) is 47.9. The Kier molecular flexibility index (Phi) is 35.4. The zero-order chi connectivity index (χ0) is 63.3. The lowest BCUT2D eigenvalue weighted by Crippen LogP contribution is -1.88. The van der Waals surface area contributed by atoms with Gasteiger partial charge >= 0.3 is 0 Å². The molecule has 12 rings (SSSR count). The van der Waals surface area contributed by atoms with E-state index in [1.54, 1.807) is 12.4 Å². The molecule has 84 heavy (non-hydrogen) atoms. The number of benzene rings is 3. The van der Waals surface area contributed by atoms with Gasteiger partial charge in [-0.25, -0.2) is 29.9 Å². The van der Waals surface area contributed by atoms with Crippen molar-refractivity contribution in [2.75, 3.05) is 0 Å². The first-order chi connectivity index (χ1) is 40.5. The Morgan fingerprint density at radius 2 is 0.524 bits per heavy atom. The maximum absolute atomic E-state index is 4.40. The van der Waals surface area contributed by atoms with Crippen LogP contribution in [-0.2, 0) is 0 Å². The summed E-state index contributed by atoms with van der Waals surface area (Å²) in [5.74, 6) is 0.827. The van der Waals surface area contributed by atoms with Crippen LogP contribution in [0.3, 0.4) is 0 Å². The summed E-state index contributed by atoms with van der Waals surface area (Å²) in [5.41, 5.74) is 20.6. The fraction of sp³-hybridized carbons (Fsp3) is 0.333. The topological polar surface area (TPSA) is 155 Å². The highest BCUT2D eigenvalue weighted by Gasteiger charge is 2.01. The third kappa shape index (κ3) is 25.2. The Morgan fingerprint density at radius 1 is 0.202 bits per heavy atom. The van der Waals surface area contributed by atoms with E-state index in [9.17, 15) is 0 Å². The second kappa shape index (κ2) is 40.5. The van der Waals surface area contributed by atoms with Gasteiger partial charge in [0.1, 0.15) is 5.82 Å². The van der Waals surface area contributed by atoms with E-state index in [1.807, 2.05) is 249 Å². The molecule has 0 saturated carbocycles. The Labute approximate surface area is 503 Å². The fourth-order valence-corrected chi connectivity index (χ4v) is 7.27. The molecule has 0 bridgehead atoms. The van der Waals surface area contributed by atoms with Crippen LogP contribution in [0.2, 0.25) is 0 Å². The maximum atomic E-state index is 4.40. The lowest BCUT2D eigenvalue weighted by Gasteiger charge is -1.98. The maximum Gasteiger partial charge on any atom is 0.159 e. The number of nitrogens with zero attached hydrogens (tertiary/aromatic N) is 12. The minimum Gasteiger partial charge on any atom is -0.261 e. The largest absolute Gasteiger partial charge is 0.261 e. The van der Waals surface area contributed by atoms with Crippen LogP contribution in [0.4, 0.5) is 0 Å². The molecule has 0 N–H and O–H groups in total. The first kappa shape index (κ1) is 73.4. The molecule has 9 aromatic heterocycles. The lowest BCUT2D eigenvalue weighted by molar-refractivity contribution is 1.09. The zero-order valence-electron chi connectivity index (χ0n) is 55.2. The van der Waals surface area contributed by atoms with Gasteiger partial charge in [-0.2, -0.15) is 0 Å². The summed E-state index contributed by atoms with van der Waals surface area (Å²) >= 11 is 0. The number of hydrogen-bond acceptors (Lipinski definition) is 12. The van der Waals surface area contributed by atoms with Crippen LogP contribution in [0.5, 0.6) is 0 Å². The van der Waals surface area contributed by atoms with Gasteiger partial charge in [-0.15, -0.1) is 0 Å². The first-order valence-electron chi connectivity index (χ1n) is 29.7. The highest BCUT2D eigenvalue weighted by molar-refractivity contribution is 5.80. The number of aryl methyl sites for hydroxylation is 12. The van der Waals surface area contributed by atoms with Crippen molar-refractivity contribution in [3.63, 3.8) is 0 Å². The summed E-state index contributed by atoms with van der Waals surface area (Å²) in [7, 11) is 0. The summed E-state index contributed by atoms with van der Waals surface area (Å²) in [6, 6.07) is 38.5. The van der Waals surface area contributed by atoms with Crippen LogP contribution >= 0.6 is 0 Å². The molecule has 3 aromatic carbocycles. The third-order valence-corrected chi connectivity index (χ3v) is 11.0. The van der Waals surface area contributed by atoms with Gasteiger partial charge in [0.15, 0.2) is 5.65 Å². The molecule has 0 aliphatic carbocycles. The first-order valence-corrected chi connectivity index (χ1v) is 29.7. The summed E-state index contributed by atoms with van der Waals surface area (Å²) < 4.78 is 0. The molecule has 444 valence electrons. The molecular formula is C72H96N12. The molecule has 0 unspecified atom stereocenters. The van der Waals surface area contributed by atoms with Crippen molar-refractivity contribution in [1.29, 1.82) is 0 Å². The predicted molar refractivity (Wildman–Crippen MR) is 362 cm³/mol. The Balaban J connectivity index is 0.000000486. The van der Waals surface area contributed by atoms with Crippen LogP contribution in [0.15, 0.2) is 146 Å². The second-order valence-corrected chi connectivity index (χ2v) is 17.9. The second-order valence-electron chi connectivity index (χ2n) is 17.9. The highest BCUT2D eigenvalue weighted by atomic mass is 14.9. The van der Waals surface area contributed by atoms with Crippen molar-refractivity contribution in [1.82, 2.24) is 59.8 Å². The van der Waals surface area contributed by atoms with Gasteiger partial charge in [-0.1, -0.05) is 107 Å². The standard InChI is InChI=1S/6C10H10N2.6C2H6/c1-7-3-5-9-6-4-8(2)12-10(9)11-7;1-7-5-10-9(11-6-7)4-3-8(2)12-10;1-7-3-4-9-6-11-8(2)5-10(9)12-7;1-7-3-4-9-6-11-8(2)12-10(9)5-7;2*1-7-3-4-9-10(5-7)12-8(2)6-11-9;6*1-2/h6*3-6H,1-2H3;6*1-2H3. The Bertz CT molecular complexity index is 2950. The number of hydrogen-bond donors (Lipinski definition) is 0. The fourth-order valence-electron chi connectivity index (χ4n) is 7.27. The van der Waals surface area contributed by atoms with E-state index >= 15 is 0 Å². The van der Waals surface area contributed by atoms with Gasteiger partial charge in [-0.3, -0.25) is 29.9 Å². The van der Waals surface area contributed by atoms with E-state index in [0.29, 0.717) is 0 Å². The average molecular weight is 1130 g/mol. The molecule has 9 heterocycles. The third-order valence-electron chi connectivity index (χ3n) is 11.0. The van der Waals surface area contributed by atoms with Gasteiger partial charge in [0, 0.05) is 75.6 Å². The van der Waals surface area contributed by atoms with Crippen molar-refractivity contribution >= 4 is 65.9 Å². The Morgan fingerprint density at radius 3 is 1.00 bits per heavy atom. The molecule has 0 radical (unpaired) electrons. The van der Waals surface area contributed by atoms with Crippen molar-refractivity contribution in [2.45, 2.75) is 166 Å². The Hall–Kier alpha value is -8.64. The average Bonchev–Trinajstić information content (AvgIpc) is 3.63. The number of aromatic nitrogens is 12. The van der Waals surface area contributed by atoms with Gasteiger partial charge in [0.25, 0.3) is 0 Å². The molecule has 0 saturated heterocycles. The van der Waals surface area contributed by atoms with Gasteiger partial charge in [0.2, 0.25) is 0 Å². The zero-order valence-corrected chi connectivity index (χ0v) is 55.2. The summed E-state index contributed by atoms with van der Waals surface area (Å²) in [5, 5.41) is 3.31. The van der Waals surface area contributed by atoms with E-state index in [-0.39, 0.29) is 0 Å².